The van der Waals surface area contributed by atoms with Crippen molar-refractivity contribution in [2.24, 2.45) is 0 Å². The molecule has 0 bridgehead atoms. The van der Waals surface area contributed by atoms with E-state index in [2.05, 4.69) is 0 Å². The van der Waals surface area contributed by atoms with Crippen LogP contribution in [0.2, 0.25) is 10.0 Å². The fraction of sp³-hybridized carbons (Fsp3) is 0.364. The molecular formula is C11H15Cl2NO3. The van der Waals surface area contributed by atoms with E-state index in [0.717, 1.165) is 0 Å². The summed E-state index contributed by atoms with van der Waals surface area (Å²) in [6.07, 6.45) is -0.156. The van der Waals surface area contributed by atoms with Crippen molar-refractivity contribution < 1.29 is 14.3 Å². The van der Waals surface area contributed by atoms with E-state index >= 15 is 0 Å². The van der Waals surface area contributed by atoms with Gasteiger partial charge in [0.05, 0.1) is 11.1 Å². The summed E-state index contributed by atoms with van der Waals surface area (Å²) in [5.74, 6) is -0.0206. The minimum Gasteiger partial charge on any atom is -0.480 e. The second-order valence-corrected chi connectivity index (χ2v) is 4.25. The largest absolute Gasteiger partial charge is 0.480 e. The molecule has 0 heterocycles. The third-order valence-electron chi connectivity index (χ3n) is 1.61. The molecule has 0 aliphatic rings. The van der Waals surface area contributed by atoms with Crippen LogP contribution in [0.4, 0.5) is 0 Å². The second-order valence-electron chi connectivity index (χ2n) is 3.40. The van der Waals surface area contributed by atoms with Crippen molar-refractivity contribution in [3.63, 3.8) is 0 Å². The van der Waals surface area contributed by atoms with Crippen molar-refractivity contribution in [3.05, 3.63) is 28.2 Å². The van der Waals surface area contributed by atoms with Crippen LogP contribution in [0.5, 0.6) is 5.75 Å². The van der Waals surface area contributed by atoms with Crippen LogP contribution in [-0.2, 0) is 9.53 Å². The van der Waals surface area contributed by atoms with Crippen molar-refractivity contribution in [3.8, 4) is 5.75 Å². The first-order valence-electron chi connectivity index (χ1n) is 4.76. The van der Waals surface area contributed by atoms with Crippen LogP contribution in [0.1, 0.15) is 13.8 Å². The van der Waals surface area contributed by atoms with Gasteiger partial charge in [-0.1, -0.05) is 23.2 Å². The lowest BCUT2D eigenvalue weighted by Gasteiger charge is -2.10. The highest BCUT2D eigenvalue weighted by atomic mass is 35.5. The summed E-state index contributed by atoms with van der Waals surface area (Å²) in [7, 11) is 0. The standard InChI is InChI=1S/C11H12Cl2O3.H3N/c1-7(2)16-11(14)6-15-10-4-3-8(12)5-9(10)13;/h3-5,7H,6H2,1-2H3;1H3. The van der Waals surface area contributed by atoms with Gasteiger partial charge in [0.1, 0.15) is 5.75 Å². The molecule has 0 saturated heterocycles. The van der Waals surface area contributed by atoms with Gasteiger partial charge in [-0.05, 0) is 32.0 Å². The van der Waals surface area contributed by atoms with E-state index in [9.17, 15) is 4.79 Å². The minimum absolute atomic E-state index is 0. The smallest absolute Gasteiger partial charge is 0.344 e. The molecule has 0 radical (unpaired) electrons. The number of ether oxygens (including phenoxy) is 2. The summed E-state index contributed by atoms with van der Waals surface area (Å²) in [5.41, 5.74) is 0. The summed E-state index contributed by atoms with van der Waals surface area (Å²) in [4.78, 5) is 11.2. The van der Waals surface area contributed by atoms with E-state index in [4.69, 9.17) is 32.7 Å². The Morgan fingerprint density at radius 1 is 1.35 bits per heavy atom. The number of rotatable bonds is 4. The topological polar surface area (TPSA) is 70.5 Å². The molecule has 1 aromatic carbocycles. The van der Waals surface area contributed by atoms with Gasteiger partial charge in [0, 0.05) is 5.02 Å². The maximum atomic E-state index is 11.2. The molecule has 0 fully saturated rings. The Labute approximate surface area is 110 Å². The van der Waals surface area contributed by atoms with Gasteiger partial charge in [-0.15, -0.1) is 0 Å². The van der Waals surface area contributed by atoms with Crippen molar-refractivity contribution >= 4 is 29.2 Å². The Balaban J connectivity index is 0.00000256. The fourth-order valence-electron chi connectivity index (χ4n) is 1.03. The van der Waals surface area contributed by atoms with E-state index in [1.807, 2.05) is 0 Å². The van der Waals surface area contributed by atoms with Gasteiger partial charge in [0.25, 0.3) is 0 Å². The zero-order chi connectivity index (χ0) is 12.1. The molecule has 0 unspecified atom stereocenters. The van der Waals surface area contributed by atoms with E-state index in [-0.39, 0.29) is 18.9 Å². The van der Waals surface area contributed by atoms with Gasteiger partial charge in [-0.25, -0.2) is 4.79 Å². The molecule has 0 atom stereocenters. The predicted octanol–water partition coefficient (Wildman–Crippen LogP) is 3.49. The molecule has 6 heteroatoms. The van der Waals surface area contributed by atoms with E-state index < -0.39 is 5.97 Å². The first-order valence-corrected chi connectivity index (χ1v) is 5.52. The van der Waals surface area contributed by atoms with Crippen LogP contribution in [0, 0.1) is 0 Å². The quantitative estimate of drug-likeness (QED) is 0.857. The lowest BCUT2D eigenvalue weighted by atomic mass is 10.3. The number of halogens is 2. The Bertz CT molecular complexity index is 383. The molecule has 1 aromatic rings. The van der Waals surface area contributed by atoms with Crippen molar-refractivity contribution in [1.82, 2.24) is 6.15 Å². The maximum absolute atomic E-state index is 11.2. The fourth-order valence-corrected chi connectivity index (χ4v) is 1.49. The molecule has 96 valence electrons. The number of carbonyl (C=O) groups is 1. The van der Waals surface area contributed by atoms with Crippen molar-refractivity contribution in [2.75, 3.05) is 6.61 Å². The predicted molar refractivity (Wildman–Crippen MR) is 68.2 cm³/mol. The lowest BCUT2D eigenvalue weighted by Crippen LogP contribution is -2.18. The average Bonchev–Trinajstić information content (AvgIpc) is 2.15. The van der Waals surface area contributed by atoms with Gasteiger partial charge in [-0.2, -0.15) is 0 Å². The molecule has 0 amide bonds. The third-order valence-corrected chi connectivity index (χ3v) is 2.14. The molecule has 0 saturated carbocycles. The van der Waals surface area contributed by atoms with Gasteiger partial charge in [-0.3, -0.25) is 0 Å². The molecule has 0 aliphatic carbocycles. The zero-order valence-electron chi connectivity index (χ0n) is 9.70. The minimum atomic E-state index is -0.430. The Morgan fingerprint density at radius 2 is 2.00 bits per heavy atom. The lowest BCUT2D eigenvalue weighted by molar-refractivity contribution is -0.149. The van der Waals surface area contributed by atoms with Crippen LogP contribution < -0.4 is 10.9 Å². The van der Waals surface area contributed by atoms with Gasteiger partial charge in [0.2, 0.25) is 0 Å². The Kier molecular flexibility index (Phi) is 6.95. The number of carbonyl (C=O) groups excluding carboxylic acids is 1. The Morgan fingerprint density at radius 3 is 2.53 bits per heavy atom. The molecule has 3 N–H and O–H groups in total. The highest BCUT2D eigenvalue weighted by molar-refractivity contribution is 6.35. The molecule has 1 rings (SSSR count). The molecule has 0 aromatic heterocycles. The van der Waals surface area contributed by atoms with Crippen molar-refractivity contribution in [1.29, 1.82) is 0 Å². The van der Waals surface area contributed by atoms with Crippen LogP contribution >= 0.6 is 23.2 Å². The van der Waals surface area contributed by atoms with Crippen LogP contribution in [0.3, 0.4) is 0 Å². The number of hydrogen-bond acceptors (Lipinski definition) is 4. The van der Waals surface area contributed by atoms with Crippen LogP contribution in [-0.4, -0.2) is 18.7 Å². The average molecular weight is 280 g/mol. The molecule has 0 aliphatic heterocycles. The van der Waals surface area contributed by atoms with Crippen LogP contribution in [0.15, 0.2) is 18.2 Å². The summed E-state index contributed by atoms with van der Waals surface area (Å²) in [6.45, 7) is 3.37. The number of benzene rings is 1. The molecule has 0 spiro atoms. The molecular weight excluding hydrogens is 265 g/mol. The normalized spacial score (nSPS) is 9.71. The summed E-state index contributed by atoms with van der Waals surface area (Å²) in [5, 5.41) is 0.881. The maximum Gasteiger partial charge on any atom is 0.344 e. The van der Waals surface area contributed by atoms with E-state index in [1.54, 1.807) is 32.0 Å². The first kappa shape index (κ1) is 16.0. The van der Waals surface area contributed by atoms with Crippen LogP contribution in [0.25, 0.3) is 0 Å². The van der Waals surface area contributed by atoms with Gasteiger partial charge < -0.3 is 15.6 Å². The zero-order valence-corrected chi connectivity index (χ0v) is 11.2. The second kappa shape index (κ2) is 7.37. The summed E-state index contributed by atoms with van der Waals surface area (Å²) >= 11 is 11.6. The molecule has 4 nitrogen and oxygen atoms in total. The van der Waals surface area contributed by atoms with Crippen molar-refractivity contribution in [2.45, 2.75) is 20.0 Å². The summed E-state index contributed by atoms with van der Waals surface area (Å²) < 4.78 is 10.1. The highest BCUT2D eigenvalue weighted by Gasteiger charge is 2.08. The van der Waals surface area contributed by atoms with E-state index in [1.165, 1.54) is 0 Å². The monoisotopic (exact) mass is 279 g/mol. The first-order chi connectivity index (χ1) is 7.49. The Hall–Kier alpha value is -0.970. The number of hydrogen-bond donors (Lipinski definition) is 1. The third kappa shape index (κ3) is 5.77. The number of esters is 1. The van der Waals surface area contributed by atoms with Gasteiger partial charge >= 0.3 is 5.97 Å². The highest BCUT2D eigenvalue weighted by Crippen LogP contribution is 2.27. The van der Waals surface area contributed by atoms with E-state index in [0.29, 0.717) is 15.8 Å². The molecule has 17 heavy (non-hydrogen) atoms. The summed E-state index contributed by atoms with van der Waals surface area (Å²) in [6, 6.07) is 4.79. The van der Waals surface area contributed by atoms with Gasteiger partial charge in [0.15, 0.2) is 6.61 Å². The SMILES string of the molecule is CC(C)OC(=O)COc1ccc(Cl)cc1Cl.N.